The number of nitrogens with zero attached hydrogens (tertiary/aromatic N) is 5. The van der Waals surface area contributed by atoms with Gasteiger partial charge in [0, 0.05) is 25.8 Å². The van der Waals surface area contributed by atoms with Crippen LogP contribution >= 0.6 is 0 Å². The van der Waals surface area contributed by atoms with Crippen molar-refractivity contribution in [3.63, 3.8) is 0 Å². The number of halogens is 1. The first-order valence-electron chi connectivity index (χ1n) is 8.12. The second-order valence-electron chi connectivity index (χ2n) is 6.39. The molecule has 2 fully saturated rings. The van der Waals surface area contributed by atoms with Crippen LogP contribution in [0.1, 0.15) is 19.3 Å². The van der Waals surface area contributed by atoms with Crippen LogP contribution < -0.4 is 9.80 Å². The maximum absolute atomic E-state index is 13.0. The van der Waals surface area contributed by atoms with Crippen LogP contribution in [0.5, 0.6) is 0 Å². The Hall–Kier alpha value is -2.57. The van der Waals surface area contributed by atoms with Gasteiger partial charge in [0.25, 0.3) is 0 Å². The van der Waals surface area contributed by atoms with Crippen molar-refractivity contribution >= 4 is 17.5 Å². The Labute approximate surface area is 139 Å². The molecule has 4 heterocycles. The number of pyridine rings is 1. The monoisotopic (exact) mass is 327 g/mol. The van der Waals surface area contributed by atoms with E-state index in [2.05, 4.69) is 15.0 Å². The summed E-state index contributed by atoms with van der Waals surface area (Å²) in [7, 11) is 0. The molecule has 2 aromatic rings. The van der Waals surface area contributed by atoms with Crippen LogP contribution in [0.3, 0.4) is 0 Å². The van der Waals surface area contributed by atoms with Crippen molar-refractivity contribution in [3.05, 3.63) is 42.7 Å². The first kappa shape index (κ1) is 15.0. The zero-order valence-electron chi connectivity index (χ0n) is 13.2. The highest BCUT2D eigenvalue weighted by atomic mass is 19.1. The first-order valence-corrected chi connectivity index (χ1v) is 8.12. The molecule has 124 valence electrons. The molecule has 0 unspecified atom stereocenters. The third-order valence-corrected chi connectivity index (χ3v) is 5.08. The molecule has 4 rings (SSSR count). The maximum atomic E-state index is 13.0. The first-order chi connectivity index (χ1) is 11.7. The molecular weight excluding hydrogens is 309 g/mol. The van der Waals surface area contributed by atoms with Crippen LogP contribution in [0.4, 0.5) is 16.0 Å². The quantitative estimate of drug-likeness (QED) is 0.845. The predicted octanol–water partition coefficient (Wildman–Crippen LogP) is 2.03. The highest BCUT2D eigenvalue weighted by molar-refractivity contribution is 5.99. The molecule has 2 aliphatic heterocycles. The topological polar surface area (TPSA) is 62.2 Å². The minimum atomic E-state index is -0.440. The predicted molar refractivity (Wildman–Crippen MR) is 87.1 cm³/mol. The van der Waals surface area contributed by atoms with Crippen molar-refractivity contribution in [1.29, 1.82) is 0 Å². The van der Waals surface area contributed by atoms with Gasteiger partial charge in [0.05, 0.1) is 29.7 Å². The molecule has 7 heteroatoms. The molecule has 24 heavy (non-hydrogen) atoms. The summed E-state index contributed by atoms with van der Waals surface area (Å²) in [5, 5.41) is 0. The van der Waals surface area contributed by atoms with Crippen molar-refractivity contribution < 1.29 is 9.18 Å². The summed E-state index contributed by atoms with van der Waals surface area (Å²) in [6.45, 7) is 2.15. The molecule has 0 atom stereocenters. The summed E-state index contributed by atoms with van der Waals surface area (Å²) in [6.07, 6.45) is 8.19. The van der Waals surface area contributed by atoms with Crippen molar-refractivity contribution in [2.75, 3.05) is 29.4 Å². The lowest BCUT2D eigenvalue weighted by Crippen LogP contribution is -2.45. The number of anilines is 2. The number of hydrogen-bond donors (Lipinski definition) is 0. The molecule has 0 aromatic carbocycles. The van der Waals surface area contributed by atoms with Gasteiger partial charge < -0.3 is 9.80 Å². The van der Waals surface area contributed by atoms with Crippen LogP contribution in [-0.4, -0.2) is 40.5 Å². The molecule has 0 radical (unpaired) electrons. The van der Waals surface area contributed by atoms with Crippen molar-refractivity contribution in [3.8, 4) is 0 Å². The van der Waals surface area contributed by atoms with E-state index in [4.69, 9.17) is 0 Å². The molecule has 0 bridgehead atoms. The molecule has 2 aromatic heterocycles. The average molecular weight is 327 g/mol. The lowest BCUT2D eigenvalue weighted by molar-refractivity contribution is -0.126. The van der Waals surface area contributed by atoms with E-state index in [1.807, 2.05) is 21.9 Å². The molecule has 1 spiro atoms. The van der Waals surface area contributed by atoms with Crippen LogP contribution in [0, 0.1) is 11.2 Å². The fourth-order valence-electron chi connectivity index (χ4n) is 3.65. The fourth-order valence-corrected chi connectivity index (χ4v) is 3.65. The van der Waals surface area contributed by atoms with E-state index in [0.717, 1.165) is 31.5 Å². The Bertz CT molecular complexity index is 728. The summed E-state index contributed by atoms with van der Waals surface area (Å²) in [4.78, 5) is 29.0. The molecule has 0 N–H and O–H groups in total. The summed E-state index contributed by atoms with van der Waals surface area (Å²) in [5.74, 6) is 0.279. The third-order valence-electron chi connectivity index (χ3n) is 5.08. The second kappa shape index (κ2) is 5.81. The van der Waals surface area contributed by atoms with Gasteiger partial charge in [-0.05, 0) is 31.4 Å². The van der Waals surface area contributed by atoms with Gasteiger partial charge in [0.2, 0.25) is 11.9 Å². The molecule has 2 aliphatic rings. The minimum Gasteiger partial charge on any atom is -0.341 e. The van der Waals surface area contributed by atoms with Crippen molar-refractivity contribution in [2.45, 2.75) is 19.3 Å². The lowest BCUT2D eigenvalue weighted by Gasteiger charge is -2.37. The lowest BCUT2D eigenvalue weighted by atomic mass is 9.77. The third kappa shape index (κ3) is 2.50. The van der Waals surface area contributed by atoms with Gasteiger partial charge in [-0.2, -0.15) is 0 Å². The number of piperidine rings is 1. The highest BCUT2D eigenvalue weighted by Gasteiger charge is 2.48. The van der Waals surface area contributed by atoms with E-state index in [9.17, 15) is 9.18 Å². The normalized spacial score (nSPS) is 20.0. The zero-order chi connectivity index (χ0) is 16.6. The summed E-state index contributed by atoms with van der Waals surface area (Å²) < 4.78 is 13.0. The molecule has 0 aliphatic carbocycles. The Morgan fingerprint density at radius 2 is 1.75 bits per heavy atom. The van der Waals surface area contributed by atoms with Gasteiger partial charge in [0.15, 0.2) is 5.82 Å². The van der Waals surface area contributed by atoms with E-state index >= 15 is 0 Å². The van der Waals surface area contributed by atoms with Crippen LogP contribution in [-0.2, 0) is 4.79 Å². The van der Waals surface area contributed by atoms with E-state index in [-0.39, 0.29) is 11.3 Å². The Morgan fingerprint density at radius 3 is 2.42 bits per heavy atom. The standard InChI is InChI=1S/C17H18FN5O/c18-13-10-20-16(21-11-13)22-7-3-17(4-8-22)5-9-23(15(17)24)14-2-1-6-19-12-14/h1-2,6,10-12H,3-5,7-9H2. The Morgan fingerprint density at radius 1 is 1.04 bits per heavy atom. The van der Waals surface area contributed by atoms with E-state index in [0.29, 0.717) is 19.0 Å². The minimum absolute atomic E-state index is 0.190. The SMILES string of the molecule is O=C1N(c2cccnc2)CCC12CCN(c1ncc(F)cn1)CC2. The number of aromatic nitrogens is 3. The van der Waals surface area contributed by atoms with Gasteiger partial charge in [-0.25, -0.2) is 14.4 Å². The Balaban J connectivity index is 1.47. The maximum Gasteiger partial charge on any atom is 0.233 e. The van der Waals surface area contributed by atoms with Gasteiger partial charge >= 0.3 is 0 Å². The summed E-state index contributed by atoms with van der Waals surface area (Å²) in [5.41, 5.74) is 0.565. The van der Waals surface area contributed by atoms with Gasteiger partial charge in [-0.15, -0.1) is 0 Å². The number of carbonyl (C=O) groups is 1. The zero-order valence-corrected chi connectivity index (χ0v) is 13.2. The van der Waals surface area contributed by atoms with Gasteiger partial charge in [-0.1, -0.05) is 0 Å². The van der Waals surface area contributed by atoms with Crippen LogP contribution in [0.2, 0.25) is 0 Å². The van der Waals surface area contributed by atoms with Gasteiger partial charge in [-0.3, -0.25) is 9.78 Å². The van der Waals surface area contributed by atoms with Crippen molar-refractivity contribution in [1.82, 2.24) is 15.0 Å². The highest BCUT2D eigenvalue weighted by Crippen LogP contribution is 2.43. The largest absolute Gasteiger partial charge is 0.341 e. The number of carbonyl (C=O) groups excluding carboxylic acids is 1. The second-order valence-corrected chi connectivity index (χ2v) is 6.39. The van der Waals surface area contributed by atoms with Gasteiger partial charge in [0.1, 0.15) is 0 Å². The summed E-state index contributed by atoms with van der Waals surface area (Å²) in [6, 6.07) is 3.77. The average Bonchev–Trinajstić information content (AvgIpc) is 2.94. The van der Waals surface area contributed by atoms with Crippen molar-refractivity contribution in [2.24, 2.45) is 5.41 Å². The molecule has 2 saturated heterocycles. The molecule has 6 nitrogen and oxygen atoms in total. The smallest absolute Gasteiger partial charge is 0.233 e. The molecule has 1 amide bonds. The molecular formula is C17H18FN5O. The van der Waals surface area contributed by atoms with Crippen LogP contribution in [0.25, 0.3) is 0 Å². The Kier molecular flexibility index (Phi) is 3.63. The fraction of sp³-hybridized carbons (Fsp3) is 0.412. The summed E-state index contributed by atoms with van der Waals surface area (Å²) >= 11 is 0. The number of amides is 1. The molecule has 0 saturated carbocycles. The van der Waals surface area contributed by atoms with E-state index in [1.165, 1.54) is 12.4 Å². The number of hydrogen-bond acceptors (Lipinski definition) is 5. The van der Waals surface area contributed by atoms with E-state index < -0.39 is 5.82 Å². The number of rotatable bonds is 2. The van der Waals surface area contributed by atoms with Crippen LogP contribution in [0.15, 0.2) is 36.9 Å². The van der Waals surface area contributed by atoms with E-state index in [1.54, 1.807) is 12.4 Å².